The summed E-state index contributed by atoms with van der Waals surface area (Å²) < 4.78 is 0. The van der Waals surface area contributed by atoms with Crippen LogP contribution in [-0.2, 0) is 4.79 Å². The highest BCUT2D eigenvalue weighted by atomic mass is 32.1. The lowest BCUT2D eigenvalue weighted by atomic mass is 10.3. The fourth-order valence-corrected chi connectivity index (χ4v) is 1.60. The molecule has 1 atom stereocenters. The van der Waals surface area contributed by atoms with Gasteiger partial charge in [-0.1, -0.05) is 0 Å². The molecule has 0 fully saturated rings. The average Bonchev–Trinajstić information content (AvgIpc) is 2.55. The Kier molecular flexibility index (Phi) is 3.85. The van der Waals surface area contributed by atoms with Crippen molar-refractivity contribution in [3.8, 4) is 0 Å². The van der Waals surface area contributed by atoms with E-state index in [4.69, 9.17) is 5.11 Å². The van der Waals surface area contributed by atoms with Gasteiger partial charge in [0.2, 0.25) is 0 Å². The van der Waals surface area contributed by atoms with Crippen molar-refractivity contribution in [3.05, 3.63) is 16.6 Å². The molecule has 1 unspecified atom stereocenters. The number of hydrogen-bond acceptors (Lipinski definition) is 4. The van der Waals surface area contributed by atoms with Gasteiger partial charge in [-0.2, -0.15) is 0 Å². The molecule has 1 aromatic rings. The van der Waals surface area contributed by atoms with Crippen LogP contribution in [0.4, 0.5) is 0 Å². The van der Waals surface area contributed by atoms with E-state index in [1.807, 2.05) is 12.3 Å². The summed E-state index contributed by atoms with van der Waals surface area (Å²) in [5.74, 6) is -0.779. The van der Waals surface area contributed by atoms with Crippen molar-refractivity contribution in [2.24, 2.45) is 0 Å². The second-order valence-electron chi connectivity index (χ2n) is 2.69. The average molecular weight is 200 g/mol. The summed E-state index contributed by atoms with van der Waals surface area (Å²) in [5, 5.41) is 14.4. The summed E-state index contributed by atoms with van der Waals surface area (Å²) in [6, 6.07) is 0.138. The molecule has 0 saturated heterocycles. The van der Waals surface area contributed by atoms with Crippen LogP contribution in [0.5, 0.6) is 0 Å². The van der Waals surface area contributed by atoms with Gasteiger partial charge in [-0.25, -0.2) is 4.98 Å². The van der Waals surface area contributed by atoms with Gasteiger partial charge in [0.15, 0.2) is 0 Å². The van der Waals surface area contributed by atoms with Crippen molar-refractivity contribution in [2.45, 2.75) is 19.4 Å². The third-order valence-electron chi connectivity index (χ3n) is 1.61. The second-order valence-corrected chi connectivity index (χ2v) is 3.62. The monoisotopic (exact) mass is 200 g/mol. The number of aliphatic carboxylic acids is 1. The van der Waals surface area contributed by atoms with Gasteiger partial charge in [-0.3, -0.25) is 4.79 Å². The Hall–Kier alpha value is -0.940. The fraction of sp³-hybridized carbons (Fsp3) is 0.500. The number of nitrogens with zero attached hydrogens (tertiary/aromatic N) is 1. The molecular weight excluding hydrogens is 188 g/mol. The van der Waals surface area contributed by atoms with Crippen LogP contribution < -0.4 is 5.32 Å². The highest BCUT2D eigenvalue weighted by Gasteiger charge is 2.06. The van der Waals surface area contributed by atoms with Crippen molar-refractivity contribution in [1.29, 1.82) is 0 Å². The van der Waals surface area contributed by atoms with Crippen LogP contribution in [0.15, 0.2) is 11.6 Å². The lowest BCUT2D eigenvalue weighted by Gasteiger charge is -2.08. The SMILES string of the molecule is CC(NCCC(=O)O)c1nccs1. The van der Waals surface area contributed by atoms with E-state index in [9.17, 15) is 4.79 Å². The first-order valence-electron chi connectivity index (χ1n) is 4.04. The Bertz CT molecular complexity index is 261. The number of carboxylic acid groups (broad SMARTS) is 1. The number of rotatable bonds is 5. The molecule has 0 aliphatic carbocycles. The van der Waals surface area contributed by atoms with E-state index in [2.05, 4.69) is 10.3 Å². The molecule has 0 aliphatic heterocycles. The molecule has 0 radical (unpaired) electrons. The van der Waals surface area contributed by atoms with E-state index in [1.54, 1.807) is 17.5 Å². The topological polar surface area (TPSA) is 62.2 Å². The summed E-state index contributed by atoms with van der Waals surface area (Å²) >= 11 is 1.57. The Morgan fingerprint density at radius 1 is 1.85 bits per heavy atom. The molecule has 4 nitrogen and oxygen atoms in total. The van der Waals surface area contributed by atoms with Crippen molar-refractivity contribution in [1.82, 2.24) is 10.3 Å². The molecule has 0 saturated carbocycles. The Morgan fingerprint density at radius 3 is 3.15 bits per heavy atom. The van der Waals surface area contributed by atoms with Crippen molar-refractivity contribution < 1.29 is 9.90 Å². The maximum absolute atomic E-state index is 10.2. The molecule has 5 heteroatoms. The summed E-state index contributed by atoms with van der Waals surface area (Å²) in [5.41, 5.74) is 0. The van der Waals surface area contributed by atoms with Gasteiger partial charge in [0.1, 0.15) is 5.01 Å². The minimum Gasteiger partial charge on any atom is -0.481 e. The van der Waals surface area contributed by atoms with Crippen molar-refractivity contribution >= 4 is 17.3 Å². The van der Waals surface area contributed by atoms with Crippen molar-refractivity contribution in [3.63, 3.8) is 0 Å². The zero-order valence-corrected chi connectivity index (χ0v) is 8.17. The van der Waals surface area contributed by atoms with E-state index in [0.717, 1.165) is 5.01 Å². The predicted octanol–water partition coefficient (Wildman–Crippen LogP) is 1.27. The van der Waals surface area contributed by atoms with E-state index >= 15 is 0 Å². The molecule has 2 N–H and O–H groups in total. The third kappa shape index (κ3) is 3.52. The summed E-state index contributed by atoms with van der Waals surface area (Å²) in [6.07, 6.45) is 1.89. The van der Waals surface area contributed by atoms with Gasteiger partial charge in [0.25, 0.3) is 0 Å². The first kappa shape index (κ1) is 10.1. The number of nitrogens with one attached hydrogen (secondary N) is 1. The molecule has 0 aliphatic rings. The molecule has 0 bridgehead atoms. The third-order valence-corrected chi connectivity index (χ3v) is 2.57. The normalized spacial score (nSPS) is 12.7. The van der Waals surface area contributed by atoms with Crippen LogP contribution in [-0.4, -0.2) is 22.6 Å². The van der Waals surface area contributed by atoms with Gasteiger partial charge in [-0.05, 0) is 6.92 Å². The van der Waals surface area contributed by atoms with Gasteiger partial charge in [0.05, 0.1) is 12.5 Å². The molecule has 0 spiro atoms. The smallest absolute Gasteiger partial charge is 0.304 e. The summed E-state index contributed by atoms with van der Waals surface area (Å²) in [6.45, 7) is 2.46. The zero-order chi connectivity index (χ0) is 9.68. The van der Waals surface area contributed by atoms with Crippen LogP contribution >= 0.6 is 11.3 Å². The summed E-state index contributed by atoms with van der Waals surface area (Å²) in [7, 11) is 0. The maximum atomic E-state index is 10.2. The zero-order valence-electron chi connectivity index (χ0n) is 7.36. The minimum atomic E-state index is -0.779. The largest absolute Gasteiger partial charge is 0.481 e. The maximum Gasteiger partial charge on any atom is 0.304 e. The van der Waals surface area contributed by atoms with Crippen LogP contribution in [0.1, 0.15) is 24.4 Å². The van der Waals surface area contributed by atoms with E-state index < -0.39 is 5.97 Å². The van der Waals surface area contributed by atoms with Gasteiger partial charge in [0, 0.05) is 18.1 Å². The lowest BCUT2D eigenvalue weighted by molar-refractivity contribution is -0.136. The first-order valence-corrected chi connectivity index (χ1v) is 4.92. The van der Waals surface area contributed by atoms with Crippen LogP contribution in [0.25, 0.3) is 0 Å². The van der Waals surface area contributed by atoms with E-state index in [0.29, 0.717) is 6.54 Å². The molecule has 1 rings (SSSR count). The molecule has 13 heavy (non-hydrogen) atoms. The highest BCUT2D eigenvalue weighted by molar-refractivity contribution is 7.09. The Balaban J connectivity index is 2.26. The second kappa shape index (κ2) is 4.94. The van der Waals surface area contributed by atoms with Crippen LogP contribution in [0.3, 0.4) is 0 Å². The quantitative estimate of drug-likeness (QED) is 0.751. The number of carbonyl (C=O) groups is 1. The minimum absolute atomic E-state index is 0.138. The fourth-order valence-electron chi connectivity index (χ4n) is 0.931. The highest BCUT2D eigenvalue weighted by Crippen LogP contribution is 2.13. The molecular formula is C8H12N2O2S. The van der Waals surface area contributed by atoms with E-state index in [1.165, 1.54) is 0 Å². The number of thiazole rings is 1. The first-order chi connectivity index (χ1) is 6.20. The standard InChI is InChI=1S/C8H12N2O2S/c1-6(8-10-4-5-13-8)9-3-2-7(11)12/h4-6,9H,2-3H2,1H3,(H,11,12). The Morgan fingerprint density at radius 2 is 2.62 bits per heavy atom. The van der Waals surface area contributed by atoms with Crippen LogP contribution in [0, 0.1) is 0 Å². The molecule has 1 aromatic heterocycles. The van der Waals surface area contributed by atoms with Crippen molar-refractivity contribution in [2.75, 3.05) is 6.54 Å². The number of aromatic nitrogens is 1. The van der Waals surface area contributed by atoms with Gasteiger partial charge < -0.3 is 10.4 Å². The number of hydrogen-bond donors (Lipinski definition) is 2. The molecule has 0 amide bonds. The predicted molar refractivity (Wildman–Crippen MR) is 50.8 cm³/mol. The number of carboxylic acids is 1. The lowest BCUT2D eigenvalue weighted by Crippen LogP contribution is -2.21. The Labute approximate surface area is 80.6 Å². The molecule has 0 aromatic carbocycles. The molecule has 72 valence electrons. The van der Waals surface area contributed by atoms with Gasteiger partial charge >= 0.3 is 5.97 Å². The molecule has 1 heterocycles. The summed E-state index contributed by atoms with van der Waals surface area (Å²) in [4.78, 5) is 14.3. The van der Waals surface area contributed by atoms with E-state index in [-0.39, 0.29) is 12.5 Å². The van der Waals surface area contributed by atoms with Gasteiger partial charge in [-0.15, -0.1) is 11.3 Å². The van der Waals surface area contributed by atoms with Crippen LogP contribution in [0.2, 0.25) is 0 Å².